The molecule has 1 aliphatic heterocycles. The minimum absolute atomic E-state index is 0.0722. The van der Waals surface area contributed by atoms with Crippen LogP contribution in [0, 0.1) is 5.92 Å². The highest BCUT2D eigenvalue weighted by molar-refractivity contribution is 5.86. The molecule has 0 spiro atoms. The van der Waals surface area contributed by atoms with Crippen LogP contribution in [0.1, 0.15) is 47.5 Å². The highest BCUT2D eigenvalue weighted by atomic mass is 16.6. The van der Waals surface area contributed by atoms with Crippen LogP contribution in [0.25, 0.3) is 0 Å². The van der Waals surface area contributed by atoms with E-state index in [9.17, 15) is 9.59 Å². The Bertz CT molecular complexity index is 334. The number of nitrogens with zero attached hydrogens (tertiary/aromatic N) is 1. The van der Waals surface area contributed by atoms with E-state index in [1.54, 1.807) is 4.90 Å². The second kappa shape index (κ2) is 6.26. The molecule has 1 N–H and O–H groups in total. The molecule has 0 radical (unpaired) electrons. The van der Waals surface area contributed by atoms with E-state index in [-0.39, 0.29) is 11.9 Å². The van der Waals surface area contributed by atoms with Gasteiger partial charge in [0.25, 0.3) is 0 Å². The zero-order chi connectivity index (χ0) is 14.6. The van der Waals surface area contributed by atoms with Gasteiger partial charge in [-0.05, 0) is 39.5 Å². The lowest BCUT2D eigenvalue weighted by Gasteiger charge is -2.28. The topological polar surface area (TPSA) is 58.6 Å². The molecule has 0 aromatic heterocycles. The van der Waals surface area contributed by atoms with Crippen molar-refractivity contribution in [2.75, 3.05) is 13.1 Å². The number of carbonyl (C=O) groups excluding carboxylic acids is 2. The van der Waals surface area contributed by atoms with Crippen molar-refractivity contribution in [3.05, 3.63) is 0 Å². The predicted molar refractivity (Wildman–Crippen MR) is 73.8 cm³/mol. The number of likely N-dealkylation sites (tertiary alicyclic amines) is 1. The third kappa shape index (κ3) is 5.09. The summed E-state index contributed by atoms with van der Waals surface area (Å²) in [6.07, 6.45) is 1.16. The van der Waals surface area contributed by atoms with Crippen molar-refractivity contribution >= 4 is 12.0 Å². The summed E-state index contributed by atoms with van der Waals surface area (Å²) in [5, 5.41) is 2.88. The van der Waals surface area contributed by atoms with Crippen molar-refractivity contribution in [3.8, 4) is 0 Å². The van der Waals surface area contributed by atoms with E-state index in [0.717, 1.165) is 6.42 Å². The van der Waals surface area contributed by atoms with Crippen LogP contribution in [-0.4, -0.2) is 41.6 Å². The summed E-state index contributed by atoms with van der Waals surface area (Å²) in [5.74, 6) is 0.331. The fourth-order valence-corrected chi connectivity index (χ4v) is 2.00. The first-order valence-corrected chi connectivity index (χ1v) is 6.98. The smallest absolute Gasteiger partial charge is 0.410 e. The van der Waals surface area contributed by atoms with Crippen LogP contribution in [0.4, 0.5) is 4.79 Å². The molecule has 5 heteroatoms. The quantitative estimate of drug-likeness (QED) is 0.855. The summed E-state index contributed by atoms with van der Waals surface area (Å²) in [6.45, 7) is 10.8. The molecule has 0 saturated carbocycles. The lowest BCUT2D eigenvalue weighted by atomic mass is 10.2. The fraction of sp³-hybridized carbons (Fsp3) is 0.857. The first-order valence-electron chi connectivity index (χ1n) is 6.98. The van der Waals surface area contributed by atoms with E-state index in [4.69, 9.17) is 4.74 Å². The second-order valence-electron chi connectivity index (χ2n) is 6.47. The maximum absolute atomic E-state index is 12.1. The molecule has 1 heterocycles. The summed E-state index contributed by atoms with van der Waals surface area (Å²) in [6, 6.07) is -0.381. The standard InChI is InChI=1S/C14H26N2O3/c1-10(2)9-15-12(17)11-7-6-8-16(11)13(18)19-14(3,4)5/h10-11H,6-9H2,1-5H3,(H,15,17)/t11-/m0/s1. The lowest BCUT2D eigenvalue weighted by molar-refractivity contribution is -0.125. The zero-order valence-corrected chi connectivity index (χ0v) is 12.7. The van der Waals surface area contributed by atoms with Crippen LogP contribution in [0.2, 0.25) is 0 Å². The van der Waals surface area contributed by atoms with Gasteiger partial charge in [-0.15, -0.1) is 0 Å². The molecule has 110 valence electrons. The third-order valence-electron chi connectivity index (χ3n) is 2.87. The number of rotatable bonds is 3. The number of ether oxygens (including phenoxy) is 1. The van der Waals surface area contributed by atoms with Gasteiger partial charge in [0.15, 0.2) is 0 Å². The minimum Gasteiger partial charge on any atom is -0.444 e. The summed E-state index contributed by atoms with van der Waals surface area (Å²) >= 11 is 0. The zero-order valence-electron chi connectivity index (χ0n) is 12.7. The monoisotopic (exact) mass is 270 g/mol. The van der Waals surface area contributed by atoms with Crippen molar-refractivity contribution in [2.24, 2.45) is 5.92 Å². The Morgan fingerprint density at radius 3 is 2.53 bits per heavy atom. The van der Waals surface area contributed by atoms with Gasteiger partial charge in [-0.3, -0.25) is 9.69 Å². The SMILES string of the molecule is CC(C)CNC(=O)[C@@H]1CCCN1C(=O)OC(C)(C)C. The summed E-state index contributed by atoms with van der Waals surface area (Å²) in [7, 11) is 0. The van der Waals surface area contributed by atoms with Crippen LogP contribution in [0.5, 0.6) is 0 Å². The molecule has 2 amide bonds. The molecule has 5 nitrogen and oxygen atoms in total. The van der Waals surface area contributed by atoms with Gasteiger partial charge in [0, 0.05) is 13.1 Å². The normalized spacial score (nSPS) is 19.7. The van der Waals surface area contributed by atoms with Gasteiger partial charge >= 0.3 is 6.09 Å². The summed E-state index contributed by atoms with van der Waals surface area (Å²) in [4.78, 5) is 25.6. The molecular formula is C14H26N2O3. The Morgan fingerprint density at radius 1 is 1.37 bits per heavy atom. The highest BCUT2D eigenvalue weighted by Gasteiger charge is 2.36. The Labute approximate surface area is 115 Å². The minimum atomic E-state index is -0.529. The molecular weight excluding hydrogens is 244 g/mol. The Morgan fingerprint density at radius 2 is 2.00 bits per heavy atom. The van der Waals surface area contributed by atoms with Crippen molar-refractivity contribution in [1.29, 1.82) is 0 Å². The molecule has 0 aromatic carbocycles. The van der Waals surface area contributed by atoms with E-state index in [0.29, 0.717) is 25.4 Å². The average Bonchev–Trinajstić information content (AvgIpc) is 2.72. The highest BCUT2D eigenvalue weighted by Crippen LogP contribution is 2.20. The van der Waals surface area contributed by atoms with E-state index >= 15 is 0 Å². The molecule has 0 unspecified atom stereocenters. The predicted octanol–water partition coefficient (Wildman–Crippen LogP) is 2.16. The molecule has 1 atom stereocenters. The Balaban J connectivity index is 2.58. The summed E-state index contributed by atoms with van der Waals surface area (Å²) in [5.41, 5.74) is -0.529. The van der Waals surface area contributed by atoms with Gasteiger partial charge in [0.2, 0.25) is 5.91 Å². The van der Waals surface area contributed by atoms with E-state index in [1.807, 2.05) is 34.6 Å². The molecule has 1 aliphatic rings. The Hall–Kier alpha value is -1.26. The number of hydrogen-bond acceptors (Lipinski definition) is 3. The van der Waals surface area contributed by atoms with Gasteiger partial charge < -0.3 is 10.1 Å². The lowest BCUT2D eigenvalue weighted by Crippen LogP contribution is -2.48. The van der Waals surface area contributed by atoms with Crippen LogP contribution in [0.3, 0.4) is 0 Å². The van der Waals surface area contributed by atoms with Crippen LogP contribution < -0.4 is 5.32 Å². The largest absolute Gasteiger partial charge is 0.444 e. The van der Waals surface area contributed by atoms with Gasteiger partial charge in [0.1, 0.15) is 11.6 Å². The maximum atomic E-state index is 12.1. The van der Waals surface area contributed by atoms with E-state index in [1.165, 1.54) is 0 Å². The maximum Gasteiger partial charge on any atom is 0.410 e. The second-order valence-corrected chi connectivity index (χ2v) is 6.47. The van der Waals surface area contributed by atoms with Gasteiger partial charge in [-0.1, -0.05) is 13.8 Å². The number of hydrogen-bond donors (Lipinski definition) is 1. The molecule has 1 rings (SSSR count). The van der Waals surface area contributed by atoms with Crippen LogP contribution in [0.15, 0.2) is 0 Å². The summed E-state index contributed by atoms with van der Waals surface area (Å²) < 4.78 is 5.33. The fourth-order valence-electron chi connectivity index (χ4n) is 2.00. The molecule has 0 aliphatic carbocycles. The van der Waals surface area contributed by atoms with Crippen molar-refractivity contribution < 1.29 is 14.3 Å². The van der Waals surface area contributed by atoms with Gasteiger partial charge in [-0.2, -0.15) is 0 Å². The van der Waals surface area contributed by atoms with Crippen LogP contribution in [-0.2, 0) is 9.53 Å². The molecule has 1 fully saturated rings. The molecule has 19 heavy (non-hydrogen) atoms. The van der Waals surface area contributed by atoms with E-state index in [2.05, 4.69) is 5.32 Å². The van der Waals surface area contributed by atoms with Crippen molar-refractivity contribution in [1.82, 2.24) is 10.2 Å². The van der Waals surface area contributed by atoms with Gasteiger partial charge in [-0.25, -0.2) is 4.79 Å². The number of carbonyl (C=O) groups is 2. The first kappa shape index (κ1) is 15.8. The van der Waals surface area contributed by atoms with E-state index < -0.39 is 11.7 Å². The van der Waals surface area contributed by atoms with Crippen LogP contribution >= 0.6 is 0 Å². The van der Waals surface area contributed by atoms with Crippen molar-refractivity contribution in [3.63, 3.8) is 0 Å². The number of amides is 2. The molecule has 0 aromatic rings. The number of nitrogens with one attached hydrogen (secondary N) is 1. The van der Waals surface area contributed by atoms with Gasteiger partial charge in [0.05, 0.1) is 0 Å². The first-order chi connectivity index (χ1) is 8.70. The average molecular weight is 270 g/mol. The van der Waals surface area contributed by atoms with Crippen molar-refractivity contribution in [2.45, 2.75) is 59.1 Å². The third-order valence-corrected chi connectivity index (χ3v) is 2.87. The Kier molecular flexibility index (Phi) is 5.20. The molecule has 0 bridgehead atoms. The molecule has 1 saturated heterocycles.